The summed E-state index contributed by atoms with van der Waals surface area (Å²) in [4.78, 5) is 13.0. The van der Waals surface area contributed by atoms with E-state index in [9.17, 15) is 13.2 Å². The Morgan fingerprint density at radius 2 is 1.85 bits per heavy atom. The first-order chi connectivity index (χ1) is 15.8. The fourth-order valence-corrected chi connectivity index (χ4v) is 6.91. The molecule has 0 aliphatic carbocycles. The average Bonchev–Trinajstić information content (AvgIpc) is 3.52. The van der Waals surface area contributed by atoms with Gasteiger partial charge in [-0.2, -0.15) is 4.31 Å². The Balaban J connectivity index is 1.35. The number of nitrogens with zero attached hydrogens (tertiary/aromatic N) is 3. The van der Waals surface area contributed by atoms with Gasteiger partial charge in [-0.1, -0.05) is 17.4 Å². The summed E-state index contributed by atoms with van der Waals surface area (Å²) in [6, 6.07) is 9.97. The number of anilines is 1. The van der Waals surface area contributed by atoms with Crippen LogP contribution in [0.1, 0.15) is 44.8 Å². The zero-order valence-electron chi connectivity index (χ0n) is 18.1. The van der Waals surface area contributed by atoms with Crippen LogP contribution in [0.5, 0.6) is 11.5 Å². The first-order valence-electron chi connectivity index (χ1n) is 10.5. The zero-order valence-corrected chi connectivity index (χ0v) is 19.7. The number of aromatic nitrogens is 2. The van der Waals surface area contributed by atoms with Gasteiger partial charge >= 0.3 is 0 Å². The van der Waals surface area contributed by atoms with Crippen molar-refractivity contribution in [2.45, 2.75) is 37.6 Å². The maximum absolute atomic E-state index is 13.4. The van der Waals surface area contributed by atoms with Crippen molar-refractivity contribution in [3.63, 3.8) is 0 Å². The van der Waals surface area contributed by atoms with E-state index in [2.05, 4.69) is 15.5 Å². The Morgan fingerprint density at radius 1 is 1.09 bits per heavy atom. The number of sulfonamides is 1. The SMILES string of the molecule is Cc1cc(C)cc(S(=O)(=O)N2CCCC2c2nnc(C(=O)Nc3ccc4c(c3)OCO4)s2)c1. The van der Waals surface area contributed by atoms with Crippen molar-refractivity contribution in [3.05, 3.63) is 57.5 Å². The van der Waals surface area contributed by atoms with Gasteiger partial charge in [0, 0.05) is 18.3 Å². The van der Waals surface area contributed by atoms with Gasteiger partial charge in [0.05, 0.1) is 10.9 Å². The number of benzene rings is 2. The molecule has 3 aromatic rings. The van der Waals surface area contributed by atoms with Gasteiger partial charge in [-0.25, -0.2) is 8.42 Å². The summed E-state index contributed by atoms with van der Waals surface area (Å²) in [5, 5.41) is 11.6. The van der Waals surface area contributed by atoms with Gasteiger partial charge in [-0.15, -0.1) is 10.2 Å². The van der Waals surface area contributed by atoms with E-state index >= 15 is 0 Å². The second-order valence-electron chi connectivity index (χ2n) is 8.06. The third-order valence-corrected chi connectivity index (χ3v) is 8.47. The predicted octanol–water partition coefficient (Wildman–Crippen LogP) is 3.66. The molecule has 1 saturated heterocycles. The predicted molar refractivity (Wildman–Crippen MR) is 122 cm³/mol. The fourth-order valence-electron chi connectivity index (χ4n) is 4.11. The molecule has 0 bridgehead atoms. The highest BCUT2D eigenvalue weighted by Gasteiger charge is 2.38. The summed E-state index contributed by atoms with van der Waals surface area (Å²) in [6.07, 6.45) is 1.34. The van der Waals surface area contributed by atoms with Crippen LogP contribution in [-0.4, -0.2) is 42.2 Å². The summed E-state index contributed by atoms with van der Waals surface area (Å²) >= 11 is 1.11. The summed E-state index contributed by atoms with van der Waals surface area (Å²) < 4.78 is 38.8. The van der Waals surface area contributed by atoms with Gasteiger partial charge in [-0.05, 0) is 62.1 Å². The maximum atomic E-state index is 13.4. The number of fused-ring (bicyclic) bond motifs is 1. The van der Waals surface area contributed by atoms with E-state index in [-0.39, 0.29) is 16.7 Å². The quantitative estimate of drug-likeness (QED) is 0.586. The molecule has 1 atom stereocenters. The molecular formula is C22H22N4O5S2. The molecule has 1 N–H and O–H groups in total. The molecule has 9 nitrogen and oxygen atoms in total. The van der Waals surface area contributed by atoms with Crippen molar-refractivity contribution in [2.75, 3.05) is 18.7 Å². The van der Waals surface area contributed by atoms with Crippen molar-refractivity contribution in [2.24, 2.45) is 0 Å². The van der Waals surface area contributed by atoms with Crippen LogP contribution in [0.25, 0.3) is 0 Å². The lowest BCUT2D eigenvalue weighted by Crippen LogP contribution is -2.30. The van der Waals surface area contributed by atoms with Crippen molar-refractivity contribution in [3.8, 4) is 11.5 Å². The van der Waals surface area contributed by atoms with E-state index in [1.165, 1.54) is 4.31 Å². The lowest BCUT2D eigenvalue weighted by molar-refractivity contribution is 0.102. The summed E-state index contributed by atoms with van der Waals surface area (Å²) in [5.41, 5.74) is 2.33. The van der Waals surface area contributed by atoms with Crippen LogP contribution in [0, 0.1) is 13.8 Å². The number of rotatable bonds is 5. The number of hydrogen-bond acceptors (Lipinski definition) is 8. The third kappa shape index (κ3) is 4.19. The van der Waals surface area contributed by atoms with E-state index in [0.717, 1.165) is 22.5 Å². The molecule has 5 rings (SSSR count). The molecule has 0 radical (unpaired) electrons. The molecule has 1 unspecified atom stereocenters. The van der Waals surface area contributed by atoms with E-state index in [1.54, 1.807) is 30.3 Å². The number of hydrogen-bond donors (Lipinski definition) is 1. The van der Waals surface area contributed by atoms with E-state index in [4.69, 9.17) is 9.47 Å². The molecule has 0 saturated carbocycles. The molecule has 1 fully saturated rings. The highest BCUT2D eigenvalue weighted by atomic mass is 32.2. The standard InChI is InChI=1S/C22H22N4O5S2/c1-13-8-14(2)10-16(9-13)33(28,29)26-7-3-4-17(26)21-24-25-22(32-21)20(27)23-15-5-6-18-19(11-15)31-12-30-18/h5-6,8-11,17H,3-4,7,12H2,1-2H3,(H,23,27). The molecule has 33 heavy (non-hydrogen) atoms. The van der Waals surface area contributed by atoms with Crippen molar-refractivity contribution in [1.82, 2.24) is 14.5 Å². The summed E-state index contributed by atoms with van der Waals surface area (Å²) in [5.74, 6) is 0.765. The zero-order chi connectivity index (χ0) is 23.2. The number of amides is 1. The minimum absolute atomic E-state index is 0.148. The number of ether oxygens (including phenoxy) is 2. The normalized spacial score (nSPS) is 17.9. The first-order valence-corrected chi connectivity index (χ1v) is 12.7. The molecule has 0 spiro atoms. The second kappa shape index (κ2) is 8.40. The average molecular weight is 487 g/mol. The Labute approximate surface area is 195 Å². The third-order valence-electron chi connectivity index (χ3n) is 5.56. The molecule has 1 amide bonds. The van der Waals surface area contributed by atoms with Crippen LogP contribution in [0.2, 0.25) is 0 Å². The van der Waals surface area contributed by atoms with Crippen LogP contribution in [0.3, 0.4) is 0 Å². The van der Waals surface area contributed by atoms with Crippen LogP contribution in [0.4, 0.5) is 5.69 Å². The van der Waals surface area contributed by atoms with Gasteiger partial charge in [0.2, 0.25) is 21.8 Å². The second-order valence-corrected chi connectivity index (χ2v) is 11.0. The largest absolute Gasteiger partial charge is 0.454 e. The van der Waals surface area contributed by atoms with Gasteiger partial charge in [0.25, 0.3) is 5.91 Å². The molecular weight excluding hydrogens is 464 g/mol. The Bertz CT molecular complexity index is 1320. The van der Waals surface area contributed by atoms with Crippen LogP contribution >= 0.6 is 11.3 Å². The monoisotopic (exact) mass is 486 g/mol. The van der Waals surface area contributed by atoms with Crippen molar-refractivity contribution in [1.29, 1.82) is 0 Å². The first kappa shape index (κ1) is 21.8. The molecule has 11 heteroatoms. The van der Waals surface area contributed by atoms with Gasteiger partial charge < -0.3 is 14.8 Å². The number of aryl methyl sites for hydroxylation is 2. The topological polar surface area (TPSA) is 111 Å². The lowest BCUT2D eigenvalue weighted by Gasteiger charge is -2.22. The Kier molecular flexibility index (Phi) is 5.55. The van der Waals surface area contributed by atoms with E-state index in [0.29, 0.717) is 41.6 Å². The highest BCUT2D eigenvalue weighted by molar-refractivity contribution is 7.89. The molecule has 2 aliphatic heterocycles. The Hall–Kier alpha value is -3.02. The smallest absolute Gasteiger partial charge is 0.286 e. The van der Waals surface area contributed by atoms with Crippen LogP contribution < -0.4 is 14.8 Å². The van der Waals surface area contributed by atoms with E-state index in [1.807, 2.05) is 19.9 Å². The van der Waals surface area contributed by atoms with Gasteiger partial charge in [0.15, 0.2) is 11.5 Å². The highest BCUT2D eigenvalue weighted by Crippen LogP contribution is 2.38. The minimum Gasteiger partial charge on any atom is -0.454 e. The molecule has 2 aromatic carbocycles. The minimum atomic E-state index is -3.70. The number of carbonyl (C=O) groups is 1. The summed E-state index contributed by atoms with van der Waals surface area (Å²) in [7, 11) is -3.70. The van der Waals surface area contributed by atoms with Crippen LogP contribution in [0.15, 0.2) is 41.3 Å². The lowest BCUT2D eigenvalue weighted by atomic mass is 10.2. The maximum Gasteiger partial charge on any atom is 0.286 e. The van der Waals surface area contributed by atoms with Crippen molar-refractivity contribution < 1.29 is 22.7 Å². The fraction of sp³-hybridized carbons (Fsp3) is 0.318. The van der Waals surface area contributed by atoms with E-state index < -0.39 is 22.0 Å². The molecule has 3 heterocycles. The molecule has 172 valence electrons. The number of nitrogens with one attached hydrogen (secondary N) is 1. The van der Waals surface area contributed by atoms with Gasteiger partial charge in [-0.3, -0.25) is 4.79 Å². The number of carbonyl (C=O) groups excluding carboxylic acids is 1. The van der Waals surface area contributed by atoms with Crippen LogP contribution in [-0.2, 0) is 10.0 Å². The summed E-state index contributed by atoms with van der Waals surface area (Å²) in [6.45, 7) is 4.31. The molecule has 2 aliphatic rings. The van der Waals surface area contributed by atoms with Crippen molar-refractivity contribution >= 4 is 33.0 Å². The molecule has 1 aromatic heterocycles. The van der Waals surface area contributed by atoms with Gasteiger partial charge in [0.1, 0.15) is 5.01 Å². The Morgan fingerprint density at radius 3 is 2.64 bits per heavy atom.